The van der Waals surface area contributed by atoms with E-state index in [4.69, 9.17) is 10.9 Å². The third-order valence-corrected chi connectivity index (χ3v) is 3.82. The summed E-state index contributed by atoms with van der Waals surface area (Å²) in [6.45, 7) is 1.80. The van der Waals surface area contributed by atoms with Gasteiger partial charge in [0.15, 0.2) is 5.84 Å². The fraction of sp³-hybridized carbons (Fsp3) is 0.154. The second-order valence-corrected chi connectivity index (χ2v) is 5.02. The lowest BCUT2D eigenvalue weighted by Crippen LogP contribution is -2.26. The summed E-state index contributed by atoms with van der Waals surface area (Å²) in [6, 6.07) is 6.85. The first-order valence-electron chi connectivity index (χ1n) is 5.80. The largest absolute Gasteiger partial charge is 0.409 e. The van der Waals surface area contributed by atoms with E-state index in [1.807, 2.05) is 0 Å². The Labute approximate surface area is 120 Å². The molecule has 1 heterocycles. The molecule has 104 valence electrons. The maximum Gasteiger partial charge on any atom is 0.269 e. The molecule has 2 aromatic rings. The minimum atomic E-state index is -0.110. The molecule has 6 nitrogen and oxygen atoms in total. The lowest BCUT2D eigenvalue weighted by molar-refractivity contribution is 0.0996. The van der Waals surface area contributed by atoms with Gasteiger partial charge in [-0.3, -0.25) is 4.79 Å². The molecule has 0 atom stereocenters. The summed E-state index contributed by atoms with van der Waals surface area (Å²) < 4.78 is 0. The summed E-state index contributed by atoms with van der Waals surface area (Å²) in [5, 5.41) is 11.5. The number of hydrogen-bond donors (Lipinski definition) is 2. The van der Waals surface area contributed by atoms with Crippen LogP contribution in [0.15, 0.2) is 34.9 Å². The number of benzene rings is 1. The van der Waals surface area contributed by atoms with E-state index in [1.165, 1.54) is 16.2 Å². The van der Waals surface area contributed by atoms with Gasteiger partial charge in [-0.1, -0.05) is 5.16 Å². The first-order valence-corrected chi connectivity index (χ1v) is 6.68. The Morgan fingerprint density at radius 3 is 2.55 bits per heavy atom. The maximum atomic E-state index is 12.3. The van der Waals surface area contributed by atoms with E-state index in [0.717, 1.165) is 11.4 Å². The van der Waals surface area contributed by atoms with Crippen LogP contribution in [0, 0.1) is 6.92 Å². The molecule has 0 fully saturated rings. The Hall–Kier alpha value is -2.41. The van der Waals surface area contributed by atoms with Gasteiger partial charge in [0.25, 0.3) is 5.91 Å². The number of carbonyl (C=O) groups is 1. The van der Waals surface area contributed by atoms with Gasteiger partial charge in [-0.15, -0.1) is 11.3 Å². The number of hydrogen-bond acceptors (Lipinski definition) is 5. The highest BCUT2D eigenvalue weighted by molar-refractivity contribution is 7.12. The monoisotopic (exact) mass is 290 g/mol. The van der Waals surface area contributed by atoms with Crippen molar-refractivity contribution < 1.29 is 10.0 Å². The molecule has 0 aliphatic rings. The highest BCUT2D eigenvalue weighted by atomic mass is 32.1. The number of aryl methyl sites for hydroxylation is 1. The first-order chi connectivity index (χ1) is 9.54. The Kier molecular flexibility index (Phi) is 3.99. The first kappa shape index (κ1) is 14.0. The van der Waals surface area contributed by atoms with Crippen molar-refractivity contribution >= 4 is 28.8 Å². The lowest BCUT2D eigenvalue weighted by atomic mass is 10.2. The van der Waals surface area contributed by atoms with Crippen LogP contribution in [-0.2, 0) is 0 Å². The molecule has 2 rings (SSSR count). The zero-order valence-electron chi connectivity index (χ0n) is 11.1. The fourth-order valence-corrected chi connectivity index (χ4v) is 2.47. The van der Waals surface area contributed by atoms with Gasteiger partial charge in [-0.05, 0) is 31.2 Å². The van der Waals surface area contributed by atoms with E-state index in [-0.39, 0.29) is 11.7 Å². The summed E-state index contributed by atoms with van der Waals surface area (Å²) in [6.07, 6.45) is 0. The van der Waals surface area contributed by atoms with Crippen molar-refractivity contribution in [2.45, 2.75) is 6.92 Å². The number of aromatic nitrogens is 1. The molecule has 1 aromatic heterocycles. The standard InChI is InChI=1S/C13H14N4O2S/c1-8-11(20-7-15-8)13(18)17(2)10-5-3-9(4-6-10)12(14)16-19/h3-7,19H,1-2H3,(H2,14,16). The molecule has 0 spiro atoms. The predicted octanol–water partition coefficient (Wildman–Crippen LogP) is 1.82. The summed E-state index contributed by atoms with van der Waals surface area (Å²) in [5.41, 5.74) is 9.17. The van der Waals surface area contributed by atoms with Gasteiger partial charge in [0.05, 0.1) is 11.2 Å². The molecule has 20 heavy (non-hydrogen) atoms. The number of anilines is 1. The van der Waals surface area contributed by atoms with Crippen LogP contribution in [0.3, 0.4) is 0 Å². The molecular formula is C13H14N4O2S. The fourth-order valence-electron chi connectivity index (χ4n) is 1.69. The third-order valence-electron chi connectivity index (χ3n) is 2.90. The second kappa shape index (κ2) is 5.70. The van der Waals surface area contributed by atoms with Crippen LogP contribution < -0.4 is 10.6 Å². The van der Waals surface area contributed by atoms with Gasteiger partial charge >= 0.3 is 0 Å². The summed E-state index contributed by atoms with van der Waals surface area (Å²) >= 11 is 1.32. The van der Waals surface area contributed by atoms with Crippen molar-refractivity contribution in [3.8, 4) is 0 Å². The molecule has 1 aromatic carbocycles. The minimum Gasteiger partial charge on any atom is -0.409 e. The van der Waals surface area contributed by atoms with Crippen molar-refractivity contribution in [3.63, 3.8) is 0 Å². The number of oxime groups is 1. The molecular weight excluding hydrogens is 276 g/mol. The Morgan fingerprint density at radius 2 is 2.05 bits per heavy atom. The molecule has 3 N–H and O–H groups in total. The van der Waals surface area contributed by atoms with Crippen LogP contribution in [-0.4, -0.2) is 29.0 Å². The number of carbonyl (C=O) groups excluding carboxylic acids is 1. The highest BCUT2D eigenvalue weighted by Crippen LogP contribution is 2.20. The number of amides is 1. The van der Waals surface area contributed by atoms with Crippen LogP contribution in [0.4, 0.5) is 5.69 Å². The lowest BCUT2D eigenvalue weighted by Gasteiger charge is -2.17. The van der Waals surface area contributed by atoms with Crippen molar-refractivity contribution in [1.29, 1.82) is 0 Å². The van der Waals surface area contributed by atoms with Gasteiger partial charge in [0, 0.05) is 18.3 Å². The van der Waals surface area contributed by atoms with Crippen LogP contribution in [0.1, 0.15) is 20.9 Å². The molecule has 0 aliphatic heterocycles. The van der Waals surface area contributed by atoms with Gasteiger partial charge in [-0.2, -0.15) is 0 Å². The van der Waals surface area contributed by atoms with Crippen LogP contribution in [0.25, 0.3) is 0 Å². The van der Waals surface area contributed by atoms with Crippen LogP contribution >= 0.6 is 11.3 Å². The summed E-state index contributed by atoms with van der Waals surface area (Å²) in [5.74, 6) is -0.0784. The van der Waals surface area contributed by atoms with Crippen LogP contribution in [0.2, 0.25) is 0 Å². The quantitative estimate of drug-likeness (QED) is 0.390. The Morgan fingerprint density at radius 1 is 1.40 bits per heavy atom. The van der Waals surface area contributed by atoms with E-state index in [1.54, 1.807) is 43.7 Å². The molecule has 0 saturated heterocycles. The number of rotatable bonds is 3. The van der Waals surface area contributed by atoms with Gasteiger partial charge in [-0.25, -0.2) is 4.98 Å². The average molecular weight is 290 g/mol. The summed E-state index contributed by atoms with van der Waals surface area (Å²) in [7, 11) is 1.69. The number of thiazole rings is 1. The molecule has 7 heteroatoms. The van der Waals surface area contributed by atoms with E-state index >= 15 is 0 Å². The van der Waals surface area contributed by atoms with E-state index in [0.29, 0.717) is 10.4 Å². The smallest absolute Gasteiger partial charge is 0.269 e. The SMILES string of the molecule is Cc1ncsc1C(=O)N(C)c1ccc(C(N)=NO)cc1. The minimum absolute atomic E-state index is 0.0313. The van der Waals surface area contributed by atoms with Crippen molar-refractivity contribution in [1.82, 2.24) is 4.98 Å². The average Bonchev–Trinajstić information content (AvgIpc) is 2.91. The zero-order valence-corrected chi connectivity index (χ0v) is 11.9. The van der Waals surface area contributed by atoms with Crippen LogP contribution in [0.5, 0.6) is 0 Å². The highest BCUT2D eigenvalue weighted by Gasteiger charge is 2.17. The number of amidine groups is 1. The summed E-state index contributed by atoms with van der Waals surface area (Å²) in [4.78, 5) is 18.5. The molecule has 0 unspecified atom stereocenters. The van der Waals surface area contributed by atoms with E-state index in [2.05, 4.69) is 10.1 Å². The normalized spacial score (nSPS) is 11.4. The van der Waals surface area contributed by atoms with Gasteiger partial charge in [0.1, 0.15) is 4.88 Å². The van der Waals surface area contributed by atoms with Gasteiger partial charge < -0.3 is 15.8 Å². The molecule has 0 saturated carbocycles. The topological polar surface area (TPSA) is 91.8 Å². The molecule has 0 bridgehead atoms. The van der Waals surface area contributed by atoms with Crippen molar-refractivity contribution in [2.24, 2.45) is 10.9 Å². The van der Waals surface area contributed by atoms with Crippen molar-refractivity contribution in [3.05, 3.63) is 45.9 Å². The molecule has 0 aliphatic carbocycles. The maximum absolute atomic E-state index is 12.3. The Balaban J connectivity index is 2.24. The Bertz CT molecular complexity index is 649. The zero-order chi connectivity index (χ0) is 14.7. The van der Waals surface area contributed by atoms with Gasteiger partial charge in [0.2, 0.25) is 0 Å². The molecule has 0 radical (unpaired) electrons. The van der Waals surface area contributed by atoms with E-state index in [9.17, 15) is 4.79 Å². The van der Waals surface area contributed by atoms with Crippen molar-refractivity contribution in [2.75, 3.05) is 11.9 Å². The third kappa shape index (κ3) is 2.62. The number of nitrogens with two attached hydrogens (primary N) is 1. The van der Waals surface area contributed by atoms with E-state index < -0.39 is 0 Å². The second-order valence-electron chi connectivity index (χ2n) is 4.16. The predicted molar refractivity (Wildman–Crippen MR) is 78.5 cm³/mol. The number of nitrogens with zero attached hydrogens (tertiary/aromatic N) is 3. The molecule has 1 amide bonds.